The predicted molar refractivity (Wildman–Crippen MR) is 96.8 cm³/mol. The number of rotatable bonds is 4. The lowest BCUT2D eigenvalue weighted by atomic mass is 9.77. The van der Waals surface area contributed by atoms with Gasteiger partial charge in [0.15, 0.2) is 0 Å². The monoisotopic (exact) mass is 311 g/mol. The minimum absolute atomic E-state index is 0.257. The summed E-state index contributed by atoms with van der Waals surface area (Å²) in [7, 11) is 0. The zero-order chi connectivity index (χ0) is 17.1. The largest absolute Gasteiger partial charge is 0.319 e. The third-order valence-electron chi connectivity index (χ3n) is 4.42. The minimum Gasteiger partial charge on any atom is -0.319 e. The maximum absolute atomic E-state index is 7.95. The average Bonchev–Trinajstić information content (AvgIpc) is 3.12. The van der Waals surface area contributed by atoms with Crippen molar-refractivity contribution >= 4 is 0 Å². The second-order valence-corrected chi connectivity index (χ2v) is 5.72. The number of hydrogen-bond acceptors (Lipinski definition) is 1. The van der Waals surface area contributed by atoms with Crippen LogP contribution in [0.4, 0.5) is 0 Å². The summed E-state index contributed by atoms with van der Waals surface area (Å²) < 4.78 is 9.99. The Labute approximate surface area is 143 Å². The van der Waals surface area contributed by atoms with Crippen molar-refractivity contribution in [3.05, 3.63) is 126 Å². The van der Waals surface area contributed by atoms with Crippen LogP contribution in [0.25, 0.3) is 0 Å². The van der Waals surface area contributed by atoms with Crippen LogP contribution in [-0.2, 0) is 5.54 Å². The summed E-state index contributed by atoms with van der Waals surface area (Å²) in [5, 5.41) is 0. The molecule has 0 saturated heterocycles. The van der Waals surface area contributed by atoms with Crippen molar-refractivity contribution in [3.63, 3.8) is 0 Å². The van der Waals surface area contributed by atoms with Crippen LogP contribution in [0.3, 0.4) is 0 Å². The van der Waals surface area contributed by atoms with Crippen molar-refractivity contribution in [1.29, 1.82) is 0 Å². The van der Waals surface area contributed by atoms with Gasteiger partial charge in [-0.2, -0.15) is 0 Å². The second kappa shape index (κ2) is 6.17. The molecule has 1 heterocycles. The number of nitrogens with zero attached hydrogens (tertiary/aromatic N) is 2. The first kappa shape index (κ1) is 13.3. The Balaban J connectivity index is 2.12. The Morgan fingerprint density at radius 3 is 1.42 bits per heavy atom. The first-order valence-corrected chi connectivity index (χ1v) is 7.99. The summed E-state index contributed by atoms with van der Waals surface area (Å²) in [6.07, 6.45) is 3.79. The van der Waals surface area contributed by atoms with Gasteiger partial charge in [-0.05, 0) is 16.7 Å². The highest BCUT2D eigenvalue weighted by molar-refractivity contribution is 5.50. The van der Waals surface area contributed by atoms with Gasteiger partial charge in [0.05, 0.1) is 7.70 Å². The van der Waals surface area contributed by atoms with Gasteiger partial charge in [0.25, 0.3) is 0 Å². The molecular weight excluding hydrogens is 292 g/mol. The molecule has 24 heavy (non-hydrogen) atoms. The van der Waals surface area contributed by atoms with Crippen LogP contribution in [0.2, 0.25) is 0 Å². The van der Waals surface area contributed by atoms with Gasteiger partial charge in [0, 0.05) is 12.4 Å². The number of hydrogen-bond donors (Lipinski definition) is 0. The third-order valence-corrected chi connectivity index (χ3v) is 4.42. The molecule has 0 amide bonds. The molecule has 0 atom stereocenters. The number of imidazole rings is 1. The van der Waals surface area contributed by atoms with Gasteiger partial charge in [-0.15, -0.1) is 0 Å². The van der Waals surface area contributed by atoms with E-state index in [0.717, 1.165) is 16.7 Å². The van der Waals surface area contributed by atoms with E-state index in [-0.39, 0.29) is 6.17 Å². The van der Waals surface area contributed by atoms with Crippen LogP contribution in [0.1, 0.15) is 18.1 Å². The van der Waals surface area contributed by atoms with E-state index in [1.54, 1.807) is 12.5 Å². The second-order valence-electron chi connectivity index (χ2n) is 5.72. The van der Waals surface area contributed by atoms with E-state index in [0.29, 0.717) is 0 Å². The Hall–Kier alpha value is -3.13. The average molecular weight is 311 g/mol. The highest BCUT2D eigenvalue weighted by Gasteiger charge is 2.37. The van der Waals surface area contributed by atoms with Crippen LogP contribution >= 0.6 is 0 Å². The van der Waals surface area contributed by atoms with E-state index >= 15 is 0 Å². The van der Waals surface area contributed by atoms with Crippen LogP contribution in [-0.4, -0.2) is 9.55 Å². The molecule has 0 unspecified atom stereocenters. The Morgan fingerprint density at radius 1 is 0.667 bits per heavy atom. The molecule has 0 spiro atoms. The summed E-state index contributed by atoms with van der Waals surface area (Å²) in [5.41, 5.74) is 2.82. The molecule has 0 aliphatic rings. The van der Waals surface area contributed by atoms with Crippen molar-refractivity contribution in [3.8, 4) is 0 Å². The van der Waals surface area contributed by atoms with Crippen molar-refractivity contribution in [1.82, 2.24) is 9.55 Å². The van der Waals surface area contributed by atoms with E-state index in [1.165, 1.54) is 0 Å². The molecule has 0 aliphatic carbocycles. The summed E-state index contributed by atoms with van der Waals surface area (Å²) in [4.78, 5) is 4.19. The molecule has 0 fully saturated rings. The normalized spacial score (nSPS) is 11.9. The number of aromatic nitrogens is 2. The third kappa shape index (κ3) is 2.24. The first-order valence-electron chi connectivity index (χ1n) is 8.49. The molecule has 1 aromatic heterocycles. The van der Waals surface area contributed by atoms with Gasteiger partial charge in [0.1, 0.15) is 5.54 Å². The molecule has 2 nitrogen and oxygen atoms in total. The molecule has 0 radical (unpaired) electrons. The fourth-order valence-corrected chi connectivity index (χ4v) is 3.39. The molecular formula is C22H18N2. The molecule has 116 valence electrons. The molecule has 0 bridgehead atoms. The molecule has 0 N–H and O–H groups in total. The van der Waals surface area contributed by atoms with Gasteiger partial charge in [0.2, 0.25) is 0 Å². The van der Waals surface area contributed by atoms with E-state index in [4.69, 9.17) is 1.37 Å². The quantitative estimate of drug-likeness (QED) is 0.498. The predicted octanol–water partition coefficient (Wildman–Crippen LogP) is 4.72. The van der Waals surface area contributed by atoms with Gasteiger partial charge in [-0.1, -0.05) is 91.0 Å². The molecule has 2 heteroatoms. The van der Waals surface area contributed by atoms with Crippen LogP contribution in [0.15, 0.2) is 110 Å². The topological polar surface area (TPSA) is 17.8 Å². The van der Waals surface area contributed by atoms with E-state index in [1.807, 2.05) is 22.8 Å². The number of benzene rings is 3. The van der Waals surface area contributed by atoms with E-state index in [2.05, 4.69) is 77.8 Å². The van der Waals surface area contributed by atoms with Crippen LogP contribution in [0, 0.1) is 0 Å². The van der Waals surface area contributed by atoms with Crippen molar-refractivity contribution < 1.29 is 1.37 Å². The molecule has 4 rings (SSSR count). The van der Waals surface area contributed by atoms with Crippen LogP contribution < -0.4 is 0 Å². The lowest BCUT2D eigenvalue weighted by Gasteiger charge is -2.37. The standard InChI is InChI=1S/C22H18N2/c1-4-10-19(11-5-1)22(24-17-16-23-18-24,20-12-6-2-7-13-20)21-14-8-3-9-15-21/h1-18H/i16D. The fourth-order valence-electron chi connectivity index (χ4n) is 3.39. The fraction of sp³-hybridized carbons (Fsp3) is 0.0455. The molecule has 3 aromatic carbocycles. The van der Waals surface area contributed by atoms with Crippen LogP contribution in [0.5, 0.6) is 0 Å². The Kier molecular flexibility index (Phi) is 3.42. The summed E-state index contributed by atoms with van der Waals surface area (Å²) in [6, 6.07) is 31.1. The van der Waals surface area contributed by atoms with Crippen molar-refractivity contribution in [2.24, 2.45) is 0 Å². The molecule has 4 aromatic rings. The molecule has 0 saturated carbocycles. The summed E-state index contributed by atoms with van der Waals surface area (Å²) in [6.45, 7) is 0. The Bertz CT molecular complexity index is 850. The van der Waals surface area contributed by atoms with E-state index in [9.17, 15) is 0 Å². The maximum atomic E-state index is 7.95. The zero-order valence-electron chi connectivity index (χ0n) is 14.2. The van der Waals surface area contributed by atoms with Crippen molar-refractivity contribution in [2.75, 3.05) is 0 Å². The lowest BCUT2D eigenvalue weighted by molar-refractivity contribution is 0.514. The molecule has 0 aliphatic heterocycles. The maximum Gasteiger partial charge on any atom is 0.121 e. The van der Waals surface area contributed by atoms with Crippen molar-refractivity contribution in [2.45, 2.75) is 5.54 Å². The van der Waals surface area contributed by atoms with E-state index < -0.39 is 5.54 Å². The van der Waals surface area contributed by atoms with Gasteiger partial charge in [-0.3, -0.25) is 0 Å². The highest BCUT2D eigenvalue weighted by atomic mass is 15.1. The smallest absolute Gasteiger partial charge is 0.121 e. The minimum atomic E-state index is -0.573. The van der Waals surface area contributed by atoms with Gasteiger partial charge < -0.3 is 4.57 Å². The SMILES string of the molecule is [2H]c1cn(C(c2ccccc2)(c2ccccc2)c2ccccc2)cn1. The zero-order valence-corrected chi connectivity index (χ0v) is 13.2. The Morgan fingerprint density at radius 2 is 1.08 bits per heavy atom. The summed E-state index contributed by atoms with van der Waals surface area (Å²) >= 11 is 0. The van der Waals surface area contributed by atoms with Gasteiger partial charge >= 0.3 is 0 Å². The highest BCUT2D eigenvalue weighted by Crippen LogP contribution is 2.40. The first-order chi connectivity index (χ1) is 12.3. The summed E-state index contributed by atoms with van der Waals surface area (Å²) in [5.74, 6) is 0. The lowest BCUT2D eigenvalue weighted by Crippen LogP contribution is -2.36. The van der Waals surface area contributed by atoms with Gasteiger partial charge in [-0.25, -0.2) is 4.98 Å².